The molecule has 0 spiro atoms. The average molecular weight is 547 g/mol. The molecule has 5 N–H and O–H groups in total. The lowest BCUT2D eigenvalue weighted by Gasteiger charge is -2.32. The van der Waals surface area contributed by atoms with Crippen LogP contribution >= 0.6 is 15.9 Å². The molecule has 1 unspecified atom stereocenters. The summed E-state index contributed by atoms with van der Waals surface area (Å²) in [6.07, 6.45) is 1.91. The maximum absolute atomic E-state index is 13.6. The summed E-state index contributed by atoms with van der Waals surface area (Å²) in [4.78, 5) is 42.2. The highest BCUT2D eigenvalue weighted by Crippen LogP contribution is 2.23. The van der Waals surface area contributed by atoms with Gasteiger partial charge in [-0.3, -0.25) is 14.6 Å². The zero-order valence-electron chi connectivity index (χ0n) is 19.0. The molecule has 9 nitrogen and oxygen atoms in total. The number of nitrogens with two attached hydrogens (primary N) is 1. The van der Waals surface area contributed by atoms with E-state index in [9.17, 15) is 18.8 Å². The fourth-order valence-electron chi connectivity index (χ4n) is 4.40. The minimum Gasteiger partial charge on any atom is -0.350 e. The van der Waals surface area contributed by atoms with Crippen molar-refractivity contribution < 1.29 is 18.8 Å². The first-order valence-electron chi connectivity index (χ1n) is 11.5. The molecule has 2 fully saturated rings. The van der Waals surface area contributed by atoms with Gasteiger partial charge in [0.05, 0.1) is 0 Å². The van der Waals surface area contributed by atoms with Gasteiger partial charge in [-0.05, 0) is 62.1 Å². The molecule has 5 amide bonds. The molecule has 1 saturated heterocycles. The number of hydrogen-bond acceptors (Lipinski definition) is 4. The molecule has 1 aliphatic heterocycles. The third-order valence-electron chi connectivity index (χ3n) is 6.20. The molecule has 186 valence electrons. The quantitative estimate of drug-likeness (QED) is 0.467. The number of rotatable bonds is 4. The Hall–Kier alpha value is -3.18. The summed E-state index contributed by atoms with van der Waals surface area (Å²) >= 11 is 3.37. The lowest BCUT2D eigenvalue weighted by atomic mass is 9.92. The Morgan fingerprint density at radius 3 is 2.03 bits per heavy atom. The van der Waals surface area contributed by atoms with Crippen LogP contribution in [0.4, 0.5) is 25.4 Å². The number of nitrogens with zero attached hydrogens (tertiary/aromatic N) is 2. The second kappa shape index (κ2) is 11.0. The van der Waals surface area contributed by atoms with Crippen LogP contribution in [0.1, 0.15) is 25.7 Å². The van der Waals surface area contributed by atoms with Crippen LogP contribution in [0, 0.1) is 5.82 Å². The fraction of sp³-hybridized carbons (Fsp3) is 0.375. The number of anilines is 2. The first-order valence-corrected chi connectivity index (χ1v) is 12.3. The van der Waals surface area contributed by atoms with E-state index in [2.05, 4.69) is 31.9 Å². The van der Waals surface area contributed by atoms with Crippen LogP contribution in [0.3, 0.4) is 0 Å². The Labute approximate surface area is 211 Å². The maximum Gasteiger partial charge on any atom is 0.323 e. The van der Waals surface area contributed by atoms with Crippen molar-refractivity contribution in [2.75, 3.05) is 23.7 Å². The van der Waals surface area contributed by atoms with E-state index in [1.54, 1.807) is 24.3 Å². The van der Waals surface area contributed by atoms with Gasteiger partial charge >= 0.3 is 12.1 Å². The second-order valence-electron chi connectivity index (χ2n) is 8.76. The zero-order chi connectivity index (χ0) is 24.9. The Balaban J connectivity index is 1.52. The van der Waals surface area contributed by atoms with E-state index < -0.39 is 30.0 Å². The standard InChI is InChI=1S/C24H28BrFN6O3/c25-15-3-1-5-19(13-15)29-23(34)31-11-12-32(24(35)30-20-6-2-4-16(26)14-20)22(31)21(33)28-18-9-7-17(27)8-10-18/h1-6,13-14,17-18,22H,7-12,27H2,(H,28,33)(H,29,34)(H,30,35). The number of urea groups is 2. The number of nitrogens with one attached hydrogen (secondary N) is 3. The fourth-order valence-corrected chi connectivity index (χ4v) is 4.80. The Morgan fingerprint density at radius 1 is 0.886 bits per heavy atom. The van der Waals surface area contributed by atoms with Gasteiger partial charge in [-0.1, -0.05) is 28.1 Å². The number of carbonyl (C=O) groups is 3. The normalized spacial score (nSPS) is 22.0. The average Bonchev–Trinajstić information content (AvgIpc) is 3.26. The topological polar surface area (TPSA) is 120 Å². The van der Waals surface area contributed by atoms with Crippen molar-refractivity contribution in [2.24, 2.45) is 5.73 Å². The largest absolute Gasteiger partial charge is 0.350 e. The molecule has 1 atom stereocenters. The Morgan fingerprint density at radius 2 is 1.46 bits per heavy atom. The van der Waals surface area contributed by atoms with Gasteiger partial charge in [0.15, 0.2) is 6.17 Å². The van der Waals surface area contributed by atoms with Gasteiger partial charge in [0.2, 0.25) is 0 Å². The number of hydrogen-bond donors (Lipinski definition) is 4. The van der Waals surface area contributed by atoms with Crippen molar-refractivity contribution >= 4 is 45.3 Å². The van der Waals surface area contributed by atoms with E-state index in [-0.39, 0.29) is 30.9 Å². The molecule has 2 aromatic carbocycles. The Kier molecular flexibility index (Phi) is 7.86. The molecule has 0 radical (unpaired) electrons. The van der Waals surface area contributed by atoms with Gasteiger partial charge in [0.1, 0.15) is 5.82 Å². The summed E-state index contributed by atoms with van der Waals surface area (Å²) < 4.78 is 14.4. The van der Waals surface area contributed by atoms with Crippen LogP contribution in [-0.2, 0) is 4.79 Å². The van der Waals surface area contributed by atoms with Crippen molar-refractivity contribution in [1.82, 2.24) is 15.1 Å². The third-order valence-corrected chi connectivity index (χ3v) is 6.69. The number of benzene rings is 2. The van der Waals surface area contributed by atoms with E-state index in [1.807, 2.05) is 6.07 Å². The number of carbonyl (C=O) groups excluding carboxylic acids is 3. The highest BCUT2D eigenvalue weighted by molar-refractivity contribution is 9.10. The highest BCUT2D eigenvalue weighted by atomic mass is 79.9. The second-order valence-corrected chi connectivity index (χ2v) is 9.68. The van der Waals surface area contributed by atoms with Gasteiger partial charge in [0.25, 0.3) is 5.91 Å². The summed E-state index contributed by atoms with van der Waals surface area (Å²) in [6.45, 7) is 0.296. The minimum atomic E-state index is -1.16. The van der Waals surface area contributed by atoms with Crippen molar-refractivity contribution in [3.8, 4) is 0 Å². The van der Waals surface area contributed by atoms with E-state index in [4.69, 9.17) is 5.73 Å². The summed E-state index contributed by atoms with van der Waals surface area (Å²) in [7, 11) is 0. The molecule has 2 aliphatic rings. The highest BCUT2D eigenvalue weighted by Gasteiger charge is 2.43. The van der Waals surface area contributed by atoms with Gasteiger partial charge in [-0.25, -0.2) is 14.0 Å². The summed E-state index contributed by atoms with van der Waals surface area (Å²) in [5, 5.41) is 8.40. The maximum atomic E-state index is 13.6. The summed E-state index contributed by atoms with van der Waals surface area (Å²) in [5.74, 6) is -0.939. The van der Waals surface area contributed by atoms with Crippen molar-refractivity contribution in [2.45, 2.75) is 43.9 Å². The summed E-state index contributed by atoms with van der Waals surface area (Å²) in [6, 6.07) is 11.5. The monoisotopic (exact) mass is 546 g/mol. The molecule has 0 aromatic heterocycles. The molecule has 1 aliphatic carbocycles. The minimum absolute atomic E-state index is 0.0778. The predicted molar refractivity (Wildman–Crippen MR) is 134 cm³/mol. The molecule has 2 aromatic rings. The predicted octanol–water partition coefficient (Wildman–Crippen LogP) is 3.68. The lowest BCUT2D eigenvalue weighted by Crippen LogP contribution is -2.57. The first kappa shape index (κ1) is 24.9. The lowest BCUT2D eigenvalue weighted by molar-refractivity contribution is -0.128. The molecule has 1 saturated carbocycles. The van der Waals surface area contributed by atoms with Crippen LogP contribution in [0.15, 0.2) is 53.0 Å². The van der Waals surface area contributed by atoms with Crippen LogP contribution < -0.4 is 21.7 Å². The van der Waals surface area contributed by atoms with Crippen molar-refractivity contribution in [1.29, 1.82) is 0 Å². The van der Waals surface area contributed by atoms with Crippen LogP contribution in [0.5, 0.6) is 0 Å². The van der Waals surface area contributed by atoms with Gasteiger partial charge < -0.3 is 21.7 Å². The molecule has 4 rings (SSSR count). The van der Waals surface area contributed by atoms with E-state index in [0.717, 1.165) is 30.2 Å². The van der Waals surface area contributed by atoms with Gasteiger partial charge in [-0.15, -0.1) is 0 Å². The first-order chi connectivity index (χ1) is 16.8. The van der Waals surface area contributed by atoms with E-state index in [1.165, 1.54) is 28.0 Å². The molecule has 0 bridgehead atoms. The zero-order valence-corrected chi connectivity index (χ0v) is 20.6. The molecular weight excluding hydrogens is 519 g/mol. The SMILES string of the molecule is NC1CCC(NC(=O)C2N(C(=O)Nc3cccc(F)c3)CCN2C(=O)Nc2cccc(Br)c2)CC1. The van der Waals surface area contributed by atoms with Crippen LogP contribution in [0.2, 0.25) is 0 Å². The van der Waals surface area contributed by atoms with Gasteiger partial charge in [0, 0.05) is 41.0 Å². The van der Waals surface area contributed by atoms with Crippen molar-refractivity contribution in [3.05, 3.63) is 58.8 Å². The number of halogens is 2. The van der Waals surface area contributed by atoms with E-state index >= 15 is 0 Å². The molecular formula is C24H28BrFN6O3. The molecule has 11 heteroatoms. The van der Waals surface area contributed by atoms with Crippen molar-refractivity contribution in [3.63, 3.8) is 0 Å². The molecule has 35 heavy (non-hydrogen) atoms. The number of amides is 5. The van der Waals surface area contributed by atoms with Crippen LogP contribution in [0.25, 0.3) is 0 Å². The van der Waals surface area contributed by atoms with E-state index in [0.29, 0.717) is 5.69 Å². The van der Waals surface area contributed by atoms with Gasteiger partial charge in [-0.2, -0.15) is 0 Å². The summed E-state index contributed by atoms with van der Waals surface area (Å²) in [5.41, 5.74) is 6.78. The third kappa shape index (κ3) is 6.29. The van der Waals surface area contributed by atoms with Crippen LogP contribution in [-0.4, -0.2) is 59.1 Å². The Bertz CT molecular complexity index is 1030. The smallest absolute Gasteiger partial charge is 0.323 e. The molecule has 1 heterocycles.